The number of terminal acetylenes is 1. The zero-order chi connectivity index (χ0) is 42.2. The van der Waals surface area contributed by atoms with E-state index in [2.05, 4.69) is 65.5 Å². The molecule has 5 heterocycles. The van der Waals surface area contributed by atoms with Crippen molar-refractivity contribution in [3.8, 4) is 35.7 Å². The average Bonchev–Trinajstić information content (AvgIpc) is 3.85. The summed E-state index contributed by atoms with van der Waals surface area (Å²) in [4.78, 5) is 35.6. The fourth-order valence-corrected chi connectivity index (χ4v) is 6.17. The molecule has 2 amide bonds. The van der Waals surface area contributed by atoms with Crippen molar-refractivity contribution in [1.29, 1.82) is 0 Å². The van der Waals surface area contributed by atoms with Gasteiger partial charge >= 0.3 is 0 Å². The van der Waals surface area contributed by atoms with Gasteiger partial charge in [0.1, 0.15) is 0 Å². The Kier molecular flexibility index (Phi) is 13.9. The SMILES string of the molecule is C.C#C[C@@](C)(O)c1ccccn1.C[C@@](O)(C#Cc1cccc(-n2nc(C(N)=O)c3ccccc32)c1)c1ccccn1.NC(=O)c1nn(-c2cc(I)ccn2)c2ccccc12. The minimum Gasteiger partial charge on any atom is -0.372 e. The third kappa shape index (κ3) is 10.1. The molecule has 5 aromatic heterocycles. The third-order valence-electron chi connectivity index (χ3n) is 8.72. The van der Waals surface area contributed by atoms with E-state index in [4.69, 9.17) is 17.9 Å². The number of aliphatic hydroxyl groups is 2. The van der Waals surface area contributed by atoms with Gasteiger partial charge in [-0.2, -0.15) is 10.2 Å². The smallest absolute Gasteiger partial charge is 0.269 e. The van der Waals surface area contributed by atoms with Gasteiger partial charge in [0.2, 0.25) is 0 Å². The standard InChI is InChI=1S/C23H18N4O2.C13H9IN4O.C9H9NO.CH4/c1-23(29,20-11-4-5-14-25-20)13-12-16-7-6-8-17(15-16)27-19-10-3-2-9-18(19)21(26-27)22(24)28;14-8-5-6-16-11(7-8)18-10-4-2-1-3-9(10)12(17-18)13(15)19;1-3-9(2,11)8-6-4-5-7-10-8;/h2-11,14-15,29H,1H3,(H2,24,28);1-7H,(H2,15,19);1,4-7,11H,2H3;1H4/t23-;;9-;/m1.1./s1. The molecule has 14 heteroatoms. The molecule has 0 aliphatic rings. The first kappa shape index (κ1) is 43.9. The number of hydrogen-bond acceptors (Lipinski definition) is 9. The lowest BCUT2D eigenvalue weighted by Gasteiger charge is -2.15. The number of nitrogens with zero attached hydrogens (tertiary/aromatic N) is 7. The van der Waals surface area contributed by atoms with Crippen LogP contribution in [0.15, 0.2) is 140 Å². The van der Waals surface area contributed by atoms with Crippen LogP contribution in [0, 0.1) is 27.8 Å². The minimum atomic E-state index is -1.38. The van der Waals surface area contributed by atoms with Crippen molar-refractivity contribution in [2.45, 2.75) is 32.5 Å². The van der Waals surface area contributed by atoms with Crippen molar-refractivity contribution >= 4 is 56.2 Å². The van der Waals surface area contributed by atoms with E-state index < -0.39 is 23.0 Å². The highest BCUT2D eigenvalue weighted by Crippen LogP contribution is 2.24. The topological polar surface area (TPSA) is 201 Å². The van der Waals surface area contributed by atoms with Crippen LogP contribution in [0.5, 0.6) is 0 Å². The Bertz CT molecular complexity index is 2890. The van der Waals surface area contributed by atoms with Crippen LogP contribution in [0.4, 0.5) is 0 Å². The zero-order valence-corrected chi connectivity index (χ0v) is 33.9. The van der Waals surface area contributed by atoms with Crippen LogP contribution < -0.4 is 11.5 Å². The number of carbonyl (C=O) groups is 2. The van der Waals surface area contributed by atoms with Crippen molar-refractivity contribution in [3.63, 3.8) is 0 Å². The molecule has 300 valence electrons. The molecule has 6 N–H and O–H groups in total. The summed E-state index contributed by atoms with van der Waals surface area (Å²) in [6.07, 6.45) is 10.0. The Balaban J connectivity index is 0.000000189. The molecule has 3 aromatic carbocycles. The minimum absolute atomic E-state index is 0. The summed E-state index contributed by atoms with van der Waals surface area (Å²) in [7, 11) is 0. The lowest BCUT2D eigenvalue weighted by Crippen LogP contribution is -2.19. The van der Waals surface area contributed by atoms with E-state index in [9.17, 15) is 19.8 Å². The second kappa shape index (κ2) is 19.0. The fourth-order valence-electron chi connectivity index (χ4n) is 5.73. The third-order valence-corrected chi connectivity index (χ3v) is 9.39. The fraction of sp³-hybridized carbons (Fsp3) is 0.109. The van der Waals surface area contributed by atoms with E-state index in [1.54, 1.807) is 71.3 Å². The van der Waals surface area contributed by atoms with Gasteiger partial charge in [-0.25, -0.2) is 14.3 Å². The van der Waals surface area contributed by atoms with Gasteiger partial charge in [0.25, 0.3) is 11.8 Å². The normalized spacial score (nSPS) is 12.3. The molecule has 0 aliphatic heterocycles. The van der Waals surface area contributed by atoms with Gasteiger partial charge in [0.05, 0.1) is 28.1 Å². The number of carbonyl (C=O) groups excluding carboxylic acids is 2. The molecule has 0 fully saturated rings. The zero-order valence-electron chi connectivity index (χ0n) is 31.7. The van der Waals surface area contributed by atoms with Crippen molar-refractivity contribution in [3.05, 3.63) is 172 Å². The van der Waals surface area contributed by atoms with E-state index in [1.807, 2.05) is 84.9 Å². The van der Waals surface area contributed by atoms with E-state index >= 15 is 0 Å². The number of pyridine rings is 3. The Hall–Kier alpha value is -7.24. The number of amides is 2. The molecular formula is C46H40IN9O4. The van der Waals surface area contributed by atoms with Crippen LogP contribution in [-0.4, -0.2) is 56.5 Å². The predicted octanol–water partition coefficient (Wildman–Crippen LogP) is 6.46. The van der Waals surface area contributed by atoms with E-state index in [0.717, 1.165) is 25.7 Å². The van der Waals surface area contributed by atoms with Crippen LogP contribution in [0.3, 0.4) is 0 Å². The number of nitrogens with two attached hydrogens (primary N) is 2. The van der Waals surface area contributed by atoms with E-state index in [1.165, 1.54) is 6.92 Å². The summed E-state index contributed by atoms with van der Waals surface area (Å²) in [6, 6.07) is 36.6. The number of halogens is 1. The number of hydrogen-bond donors (Lipinski definition) is 4. The first-order chi connectivity index (χ1) is 28.3. The maximum Gasteiger partial charge on any atom is 0.269 e. The summed E-state index contributed by atoms with van der Waals surface area (Å²) in [5.41, 5.74) is 12.7. The number of fused-ring (bicyclic) bond motifs is 2. The highest BCUT2D eigenvalue weighted by Gasteiger charge is 2.22. The molecule has 0 radical (unpaired) electrons. The Labute approximate surface area is 360 Å². The van der Waals surface area contributed by atoms with Crippen LogP contribution in [0.2, 0.25) is 0 Å². The summed E-state index contributed by atoms with van der Waals surface area (Å²) in [5.74, 6) is 7.66. The van der Waals surface area contributed by atoms with Crippen molar-refractivity contribution in [2.75, 3.05) is 0 Å². The quantitative estimate of drug-likeness (QED) is 0.107. The molecule has 2 atom stereocenters. The van der Waals surface area contributed by atoms with Crippen LogP contribution >= 0.6 is 22.6 Å². The molecule has 0 unspecified atom stereocenters. The summed E-state index contributed by atoms with van der Waals surface area (Å²) < 4.78 is 4.34. The maximum atomic E-state index is 11.8. The first-order valence-corrected chi connectivity index (χ1v) is 18.9. The van der Waals surface area contributed by atoms with Crippen LogP contribution in [-0.2, 0) is 11.2 Å². The lowest BCUT2D eigenvalue weighted by molar-refractivity contribution is 0.0988. The number of aromatic nitrogens is 7. The molecule has 60 heavy (non-hydrogen) atoms. The van der Waals surface area contributed by atoms with Crippen molar-refractivity contribution in [2.24, 2.45) is 11.5 Å². The first-order valence-electron chi connectivity index (χ1n) is 17.9. The maximum absolute atomic E-state index is 11.8. The molecule has 13 nitrogen and oxygen atoms in total. The molecule has 8 aromatic rings. The molecule has 0 saturated carbocycles. The van der Waals surface area contributed by atoms with Gasteiger partial charge in [0, 0.05) is 38.5 Å². The average molecular weight is 910 g/mol. The molecule has 0 spiro atoms. The van der Waals surface area contributed by atoms with Crippen LogP contribution in [0.25, 0.3) is 33.3 Å². The number of benzene rings is 3. The number of para-hydroxylation sites is 2. The second-order valence-corrected chi connectivity index (χ2v) is 14.4. The van der Waals surface area contributed by atoms with Gasteiger partial charge in [-0.1, -0.05) is 79.8 Å². The van der Waals surface area contributed by atoms with E-state index in [0.29, 0.717) is 28.2 Å². The van der Waals surface area contributed by atoms with Crippen molar-refractivity contribution in [1.82, 2.24) is 34.5 Å². The highest BCUT2D eigenvalue weighted by molar-refractivity contribution is 14.1. The van der Waals surface area contributed by atoms with E-state index in [-0.39, 0.29) is 18.8 Å². The van der Waals surface area contributed by atoms with Gasteiger partial charge in [-0.05, 0) is 103 Å². The largest absolute Gasteiger partial charge is 0.372 e. The van der Waals surface area contributed by atoms with Gasteiger partial charge < -0.3 is 21.7 Å². The number of primary amides is 2. The predicted molar refractivity (Wildman–Crippen MR) is 240 cm³/mol. The molecule has 0 aliphatic carbocycles. The molecule has 8 rings (SSSR count). The highest BCUT2D eigenvalue weighted by atomic mass is 127. The van der Waals surface area contributed by atoms with Crippen LogP contribution in [0.1, 0.15) is 59.2 Å². The van der Waals surface area contributed by atoms with Gasteiger partial charge in [0.15, 0.2) is 28.4 Å². The van der Waals surface area contributed by atoms with Gasteiger partial charge in [-0.3, -0.25) is 19.6 Å². The number of rotatable bonds is 6. The summed E-state index contributed by atoms with van der Waals surface area (Å²) >= 11 is 2.20. The summed E-state index contributed by atoms with van der Waals surface area (Å²) in [6.45, 7) is 3.14. The van der Waals surface area contributed by atoms with Gasteiger partial charge in [-0.15, -0.1) is 6.42 Å². The Morgan fingerprint density at radius 2 is 1.20 bits per heavy atom. The monoisotopic (exact) mass is 909 g/mol. The lowest BCUT2D eigenvalue weighted by atomic mass is 10.0. The Morgan fingerprint density at radius 1 is 0.667 bits per heavy atom. The molecule has 0 bridgehead atoms. The second-order valence-electron chi connectivity index (χ2n) is 13.1. The summed E-state index contributed by atoms with van der Waals surface area (Å²) in [5, 5.41) is 30.2. The van der Waals surface area contributed by atoms with Crippen molar-refractivity contribution < 1.29 is 19.8 Å². The Morgan fingerprint density at radius 3 is 1.73 bits per heavy atom. The molecular weight excluding hydrogens is 869 g/mol. The molecule has 0 saturated heterocycles.